The molecule has 210 valence electrons. The van der Waals surface area contributed by atoms with Crippen LogP contribution in [0.1, 0.15) is 74.9 Å². The number of hydrogen-bond acceptors (Lipinski definition) is 6. The highest BCUT2D eigenvalue weighted by atomic mass is 16.7. The van der Waals surface area contributed by atoms with Gasteiger partial charge in [0.05, 0.1) is 25.9 Å². The Morgan fingerprint density at radius 2 is 1.65 bits per heavy atom. The van der Waals surface area contributed by atoms with Crippen LogP contribution in [0.15, 0.2) is 42.5 Å². The number of carbonyl (C=O) groups is 1. The van der Waals surface area contributed by atoms with E-state index >= 15 is 0 Å². The van der Waals surface area contributed by atoms with Crippen LogP contribution in [0, 0.1) is 39.9 Å². The summed E-state index contributed by atoms with van der Waals surface area (Å²) in [7, 11) is 1.54. The SMILES string of the molecule is COc1cc(OC2C(C)(C)C(NC(=O)c3ccc(C#CC4CCC5(CC4)OCCO5)cc3)C2(C)C)ccc1C#N. The van der Waals surface area contributed by atoms with Crippen molar-refractivity contribution in [2.75, 3.05) is 20.3 Å². The van der Waals surface area contributed by atoms with Crippen molar-refractivity contribution in [1.29, 1.82) is 5.26 Å². The quantitative estimate of drug-likeness (QED) is 0.505. The Labute approximate surface area is 237 Å². The molecule has 0 bridgehead atoms. The highest BCUT2D eigenvalue weighted by Crippen LogP contribution is 2.55. The minimum Gasteiger partial charge on any atom is -0.495 e. The second-order valence-corrected chi connectivity index (χ2v) is 12.2. The highest BCUT2D eigenvalue weighted by molar-refractivity contribution is 5.94. The van der Waals surface area contributed by atoms with Crippen molar-refractivity contribution in [3.05, 3.63) is 59.2 Å². The number of ether oxygens (including phenoxy) is 4. The zero-order chi connectivity index (χ0) is 28.5. The lowest BCUT2D eigenvalue weighted by atomic mass is 9.49. The molecule has 0 unspecified atom stereocenters. The van der Waals surface area contributed by atoms with Gasteiger partial charge < -0.3 is 24.3 Å². The van der Waals surface area contributed by atoms with E-state index in [9.17, 15) is 10.1 Å². The molecule has 0 radical (unpaired) electrons. The van der Waals surface area contributed by atoms with Gasteiger partial charge in [0.2, 0.25) is 0 Å². The molecule has 0 aromatic heterocycles. The van der Waals surface area contributed by atoms with E-state index in [1.165, 1.54) is 7.11 Å². The Balaban J connectivity index is 1.19. The van der Waals surface area contributed by atoms with E-state index in [1.54, 1.807) is 18.2 Å². The van der Waals surface area contributed by atoms with Gasteiger partial charge in [-0.15, -0.1) is 0 Å². The molecule has 2 aromatic rings. The Bertz CT molecular complexity index is 1330. The average Bonchev–Trinajstić information content (AvgIpc) is 3.41. The number of nitriles is 1. The van der Waals surface area contributed by atoms with Crippen LogP contribution in [-0.4, -0.2) is 44.2 Å². The predicted octanol–water partition coefficient (Wildman–Crippen LogP) is 5.46. The van der Waals surface area contributed by atoms with E-state index in [1.807, 2.05) is 24.3 Å². The van der Waals surface area contributed by atoms with Crippen LogP contribution in [0.2, 0.25) is 0 Å². The molecule has 2 aliphatic carbocycles. The first-order valence-corrected chi connectivity index (χ1v) is 14.0. The van der Waals surface area contributed by atoms with Gasteiger partial charge in [-0.25, -0.2) is 0 Å². The molecule has 3 fully saturated rings. The van der Waals surface area contributed by atoms with Crippen molar-refractivity contribution in [2.24, 2.45) is 16.7 Å². The maximum atomic E-state index is 13.2. The average molecular weight is 543 g/mol. The number of nitrogens with one attached hydrogen (secondary N) is 1. The lowest BCUT2D eigenvalue weighted by Crippen LogP contribution is -2.74. The molecule has 1 saturated heterocycles. The van der Waals surface area contributed by atoms with Crippen molar-refractivity contribution in [3.63, 3.8) is 0 Å². The summed E-state index contributed by atoms with van der Waals surface area (Å²) < 4.78 is 23.3. The summed E-state index contributed by atoms with van der Waals surface area (Å²) in [6.45, 7) is 9.79. The summed E-state index contributed by atoms with van der Waals surface area (Å²) in [4.78, 5) is 13.2. The van der Waals surface area contributed by atoms with Crippen molar-refractivity contribution in [1.82, 2.24) is 5.32 Å². The van der Waals surface area contributed by atoms with Crippen LogP contribution in [0.5, 0.6) is 11.5 Å². The van der Waals surface area contributed by atoms with Crippen LogP contribution in [0.3, 0.4) is 0 Å². The topological polar surface area (TPSA) is 89.8 Å². The third-order valence-electron chi connectivity index (χ3n) is 8.79. The molecule has 7 heteroatoms. The zero-order valence-corrected chi connectivity index (χ0v) is 24.0. The maximum Gasteiger partial charge on any atom is 0.251 e. The summed E-state index contributed by atoms with van der Waals surface area (Å²) in [5.74, 6) is 7.67. The lowest BCUT2D eigenvalue weighted by molar-refractivity contribution is -0.180. The fourth-order valence-electron chi connectivity index (χ4n) is 6.87. The van der Waals surface area contributed by atoms with Crippen LogP contribution in [0.4, 0.5) is 0 Å². The fourth-order valence-corrected chi connectivity index (χ4v) is 6.87. The van der Waals surface area contributed by atoms with Crippen molar-refractivity contribution >= 4 is 5.91 Å². The summed E-state index contributed by atoms with van der Waals surface area (Å²) in [6.07, 6.45) is 3.59. The zero-order valence-electron chi connectivity index (χ0n) is 24.0. The van der Waals surface area contributed by atoms with Crippen LogP contribution < -0.4 is 14.8 Å². The fraction of sp³-hybridized carbons (Fsp3) is 0.515. The monoisotopic (exact) mass is 542 g/mol. The van der Waals surface area contributed by atoms with Gasteiger partial charge in [-0.2, -0.15) is 5.26 Å². The van der Waals surface area contributed by atoms with E-state index in [0.29, 0.717) is 41.8 Å². The molecule has 1 aliphatic heterocycles. The number of methoxy groups -OCH3 is 1. The highest BCUT2D eigenvalue weighted by Gasteiger charge is 2.64. The molecule has 2 saturated carbocycles. The number of amides is 1. The minimum absolute atomic E-state index is 0.0975. The first kappa shape index (κ1) is 28.0. The van der Waals surface area contributed by atoms with Gasteiger partial charge >= 0.3 is 0 Å². The van der Waals surface area contributed by atoms with E-state index in [0.717, 1.165) is 31.2 Å². The smallest absolute Gasteiger partial charge is 0.251 e. The molecular weight excluding hydrogens is 504 g/mol. The molecule has 40 heavy (non-hydrogen) atoms. The molecule has 1 amide bonds. The largest absolute Gasteiger partial charge is 0.495 e. The van der Waals surface area contributed by atoms with Gasteiger partial charge in [0.1, 0.15) is 23.7 Å². The normalized spacial score (nSPS) is 24.2. The molecule has 5 rings (SSSR count). The standard InChI is InChI=1S/C33H38N2O5/c1-31(2)29(32(3,4)30(31)40-26-13-12-25(21-34)27(20-26)37-5)35-28(36)24-10-8-22(9-11-24)6-7-23-14-16-33(17-15-23)38-18-19-39-33/h8-13,20,23,29-30H,14-19H2,1-5H3,(H,35,36). The number of carbonyl (C=O) groups excluding carboxylic acids is 1. The summed E-state index contributed by atoms with van der Waals surface area (Å²) in [6, 6.07) is 14.8. The van der Waals surface area contributed by atoms with E-state index in [4.69, 9.17) is 18.9 Å². The van der Waals surface area contributed by atoms with Gasteiger partial charge in [0.15, 0.2) is 5.79 Å². The molecule has 0 atom stereocenters. The first-order chi connectivity index (χ1) is 19.1. The molecule has 1 spiro atoms. The molecule has 1 heterocycles. The van der Waals surface area contributed by atoms with E-state index < -0.39 is 0 Å². The van der Waals surface area contributed by atoms with E-state index in [2.05, 4.69) is 50.9 Å². The molecule has 2 aromatic carbocycles. The predicted molar refractivity (Wildman–Crippen MR) is 151 cm³/mol. The number of hydrogen-bond donors (Lipinski definition) is 1. The molecular formula is C33H38N2O5. The number of nitrogens with zero attached hydrogens (tertiary/aromatic N) is 1. The second kappa shape index (κ2) is 10.8. The minimum atomic E-state index is -0.361. The Morgan fingerprint density at radius 3 is 2.25 bits per heavy atom. The third-order valence-corrected chi connectivity index (χ3v) is 8.79. The van der Waals surface area contributed by atoms with Crippen LogP contribution in [-0.2, 0) is 9.47 Å². The second-order valence-electron chi connectivity index (χ2n) is 12.2. The third kappa shape index (κ3) is 5.29. The number of rotatable bonds is 5. The van der Waals surface area contributed by atoms with Gasteiger partial charge in [-0.3, -0.25) is 4.79 Å². The van der Waals surface area contributed by atoms with Crippen molar-refractivity contribution in [3.8, 4) is 29.4 Å². The maximum absolute atomic E-state index is 13.2. The van der Waals surface area contributed by atoms with Gasteiger partial charge in [-0.05, 0) is 49.2 Å². The first-order valence-electron chi connectivity index (χ1n) is 14.0. The van der Waals surface area contributed by atoms with Gasteiger partial charge in [0.25, 0.3) is 5.91 Å². The summed E-state index contributed by atoms with van der Waals surface area (Å²) in [5.41, 5.74) is 1.33. The molecule has 3 aliphatic rings. The van der Waals surface area contributed by atoms with Gasteiger partial charge in [0, 0.05) is 52.8 Å². The number of benzene rings is 2. The van der Waals surface area contributed by atoms with Gasteiger partial charge in [-0.1, -0.05) is 39.5 Å². The van der Waals surface area contributed by atoms with Crippen LogP contribution >= 0.6 is 0 Å². The van der Waals surface area contributed by atoms with Crippen molar-refractivity contribution in [2.45, 2.75) is 71.3 Å². The summed E-state index contributed by atoms with van der Waals surface area (Å²) >= 11 is 0. The lowest BCUT2D eigenvalue weighted by Gasteiger charge is -2.63. The Morgan fingerprint density at radius 1 is 1.00 bits per heavy atom. The Hall–Kier alpha value is -3.52. The summed E-state index contributed by atoms with van der Waals surface area (Å²) in [5, 5.41) is 12.5. The molecule has 1 N–H and O–H groups in total. The van der Waals surface area contributed by atoms with Crippen molar-refractivity contribution < 1.29 is 23.7 Å². The van der Waals surface area contributed by atoms with Crippen LogP contribution in [0.25, 0.3) is 0 Å². The Kier molecular flexibility index (Phi) is 7.57. The molecule has 7 nitrogen and oxygen atoms in total. The van der Waals surface area contributed by atoms with E-state index in [-0.39, 0.29) is 34.7 Å².